The van der Waals surface area contributed by atoms with E-state index in [0.717, 1.165) is 24.2 Å². The van der Waals surface area contributed by atoms with Crippen LogP contribution in [0.15, 0.2) is 24.3 Å². The fourth-order valence-corrected chi connectivity index (χ4v) is 2.62. The van der Waals surface area contributed by atoms with Gasteiger partial charge in [-0.25, -0.2) is 0 Å². The van der Waals surface area contributed by atoms with Gasteiger partial charge in [0.15, 0.2) is 0 Å². The number of benzene rings is 1. The number of ether oxygens (including phenoxy) is 2. The topological polar surface area (TPSA) is 84.9 Å². The molecule has 7 heteroatoms. The van der Waals surface area contributed by atoms with E-state index in [1.54, 1.807) is 0 Å². The van der Waals surface area contributed by atoms with E-state index in [2.05, 4.69) is 19.2 Å². The number of carbonyl (C=O) groups is 3. The van der Waals surface area contributed by atoms with Crippen LogP contribution in [-0.2, 0) is 36.8 Å². The minimum Gasteiger partial charge on any atom is -0.381 e. The summed E-state index contributed by atoms with van der Waals surface area (Å²) in [6.07, 6.45) is 1.44. The average molecular weight is 390 g/mol. The maximum atomic E-state index is 11.9. The van der Waals surface area contributed by atoms with E-state index >= 15 is 0 Å². The molecular formula is C21H30N2O5. The van der Waals surface area contributed by atoms with Crippen LogP contribution >= 0.6 is 0 Å². The number of hydrogen-bond donors (Lipinski definition) is 1. The van der Waals surface area contributed by atoms with E-state index in [-0.39, 0.29) is 30.7 Å². The molecule has 1 heterocycles. The van der Waals surface area contributed by atoms with Crippen LogP contribution in [0, 0.1) is 5.92 Å². The van der Waals surface area contributed by atoms with Crippen molar-refractivity contribution in [2.24, 2.45) is 5.92 Å². The third-order valence-electron chi connectivity index (χ3n) is 4.28. The molecule has 0 unspecified atom stereocenters. The predicted molar refractivity (Wildman–Crippen MR) is 104 cm³/mol. The van der Waals surface area contributed by atoms with Gasteiger partial charge in [-0.05, 0) is 23.5 Å². The highest BCUT2D eigenvalue weighted by molar-refractivity contribution is 6.00. The van der Waals surface area contributed by atoms with Crippen molar-refractivity contribution in [2.45, 2.75) is 39.7 Å². The molecule has 2 rings (SSSR count). The van der Waals surface area contributed by atoms with E-state index in [4.69, 9.17) is 9.47 Å². The minimum absolute atomic E-state index is 0.0284. The number of hydrogen-bond acceptors (Lipinski definition) is 5. The van der Waals surface area contributed by atoms with Crippen LogP contribution < -0.4 is 5.32 Å². The molecule has 0 saturated carbocycles. The van der Waals surface area contributed by atoms with Crippen molar-refractivity contribution in [1.82, 2.24) is 10.2 Å². The first-order valence-electron chi connectivity index (χ1n) is 9.79. The molecule has 1 aliphatic heterocycles. The highest BCUT2D eigenvalue weighted by Gasteiger charge is 2.29. The van der Waals surface area contributed by atoms with Crippen LogP contribution in [0.4, 0.5) is 0 Å². The average Bonchev–Trinajstić information content (AvgIpc) is 2.65. The monoisotopic (exact) mass is 390 g/mol. The van der Waals surface area contributed by atoms with Crippen molar-refractivity contribution in [3.63, 3.8) is 0 Å². The number of imide groups is 1. The molecule has 7 nitrogen and oxygen atoms in total. The maximum absolute atomic E-state index is 11.9. The predicted octanol–water partition coefficient (Wildman–Crippen LogP) is 1.68. The standard InChI is InChI=1S/C21H30N2O5/c1-16(2)14-27-10-3-11-28-15-19(24)22-13-18-6-4-17(5-7-18)12-21(26)23-9-8-20(23)25/h4-7,16H,3,8-15H2,1-2H3,(H,22,24). The molecule has 1 aromatic carbocycles. The Morgan fingerprint density at radius 3 is 2.39 bits per heavy atom. The summed E-state index contributed by atoms with van der Waals surface area (Å²) in [6.45, 7) is 7.03. The molecule has 1 saturated heterocycles. The van der Waals surface area contributed by atoms with Gasteiger partial charge in [0.25, 0.3) is 0 Å². The molecule has 0 aromatic heterocycles. The van der Waals surface area contributed by atoms with Crippen LogP contribution in [0.2, 0.25) is 0 Å². The number of β-lactam (4-membered cyclic amide) rings is 1. The van der Waals surface area contributed by atoms with Crippen molar-refractivity contribution >= 4 is 17.7 Å². The van der Waals surface area contributed by atoms with Crippen LogP contribution in [0.3, 0.4) is 0 Å². The van der Waals surface area contributed by atoms with Gasteiger partial charge in [0.05, 0.1) is 6.42 Å². The molecule has 1 N–H and O–H groups in total. The summed E-state index contributed by atoms with van der Waals surface area (Å²) >= 11 is 0. The first-order chi connectivity index (χ1) is 13.5. The zero-order valence-corrected chi connectivity index (χ0v) is 16.7. The Hall–Kier alpha value is -2.25. The lowest BCUT2D eigenvalue weighted by Gasteiger charge is -2.28. The normalized spacial score (nSPS) is 13.5. The number of nitrogens with one attached hydrogen (secondary N) is 1. The summed E-state index contributed by atoms with van der Waals surface area (Å²) in [4.78, 5) is 36.3. The number of carbonyl (C=O) groups excluding carboxylic acids is 3. The van der Waals surface area contributed by atoms with Gasteiger partial charge < -0.3 is 14.8 Å². The number of amides is 3. The second-order valence-electron chi connectivity index (χ2n) is 7.33. The molecule has 3 amide bonds. The largest absolute Gasteiger partial charge is 0.381 e. The molecule has 1 aliphatic rings. The van der Waals surface area contributed by atoms with Gasteiger partial charge in [0, 0.05) is 39.3 Å². The van der Waals surface area contributed by atoms with E-state index < -0.39 is 0 Å². The molecule has 0 aliphatic carbocycles. The Bertz CT molecular complexity index is 657. The molecule has 1 aromatic rings. The minimum atomic E-state index is -0.168. The Labute approximate surface area is 166 Å². The zero-order valence-electron chi connectivity index (χ0n) is 16.7. The molecule has 0 spiro atoms. The van der Waals surface area contributed by atoms with E-state index in [9.17, 15) is 14.4 Å². The van der Waals surface area contributed by atoms with Crippen molar-refractivity contribution < 1.29 is 23.9 Å². The van der Waals surface area contributed by atoms with Crippen LogP contribution in [0.5, 0.6) is 0 Å². The van der Waals surface area contributed by atoms with E-state index in [1.165, 1.54) is 4.90 Å². The van der Waals surface area contributed by atoms with Crippen LogP contribution in [0.1, 0.15) is 37.8 Å². The third kappa shape index (κ3) is 7.78. The van der Waals surface area contributed by atoms with Crippen LogP contribution in [0.25, 0.3) is 0 Å². The fraction of sp³-hybridized carbons (Fsp3) is 0.571. The number of rotatable bonds is 12. The van der Waals surface area contributed by atoms with Crippen molar-refractivity contribution in [3.8, 4) is 0 Å². The Kier molecular flexibility index (Phi) is 9.10. The van der Waals surface area contributed by atoms with Gasteiger partial charge in [-0.15, -0.1) is 0 Å². The van der Waals surface area contributed by atoms with E-state index in [0.29, 0.717) is 38.6 Å². The number of nitrogens with zero attached hydrogens (tertiary/aromatic N) is 1. The molecule has 1 fully saturated rings. The molecule has 0 bridgehead atoms. The summed E-state index contributed by atoms with van der Waals surface area (Å²) in [7, 11) is 0. The fourth-order valence-electron chi connectivity index (χ4n) is 2.62. The third-order valence-corrected chi connectivity index (χ3v) is 4.28. The van der Waals surface area contributed by atoms with E-state index in [1.807, 2.05) is 24.3 Å². The lowest BCUT2D eigenvalue weighted by atomic mass is 10.1. The van der Waals surface area contributed by atoms with Crippen molar-refractivity contribution in [1.29, 1.82) is 0 Å². The summed E-state index contributed by atoms with van der Waals surface area (Å²) in [6, 6.07) is 7.43. The summed E-state index contributed by atoms with van der Waals surface area (Å²) in [5, 5.41) is 2.80. The highest BCUT2D eigenvalue weighted by atomic mass is 16.5. The molecule has 0 atom stereocenters. The van der Waals surface area contributed by atoms with Crippen LogP contribution in [-0.4, -0.2) is 55.6 Å². The van der Waals surface area contributed by atoms with Gasteiger partial charge in [-0.1, -0.05) is 38.1 Å². The van der Waals surface area contributed by atoms with Gasteiger partial charge in [0.2, 0.25) is 17.7 Å². The summed E-state index contributed by atoms with van der Waals surface area (Å²) in [5.74, 6) is 0.0864. The Morgan fingerprint density at radius 1 is 1.11 bits per heavy atom. The molecule has 154 valence electrons. The SMILES string of the molecule is CC(C)COCCCOCC(=O)NCc1ccc(CC(=O)N2CCC2=O)cc1. The first-order valence-corrected chi connectivity index (χ1v) is 9.79. The summed E-state index contributed by atoms with van der Waals surface area (Å²) in [5.41, 5.74) is 1.79. The van der Waals surface area contributed by atoms with Gasteiger partial charge in [0.1, 0.15) is 6.61 Å². The molecule has 28 heavy (non-hydrogen) atoms. The molecular weight excluding hydrogens is 360 g/mol. The van der Waals surface area contributed by atoms with Gasteiger partial charge in [-0.3, -0.25) is 19.3 Å². The molecule has 0 radical (unpaired) electrons. The maximum Gasteiger partial charge on any atom is 0.246 e. The Balaban J connectivity index is 1.57. The van der Waals surface area contributed by atoms with Gasteiger partial charge >= 0.3 is 0 Å². The Morgan fingerprint density at radius 2 is 1.79 bits per heavy atom. The summed E-state index contributed by atoms with van der Waals surface area (Å²) < 4.78 is 10.8. The smallest absolute Gasteiger partial charge is 0.246 e. The quantitative estimate of drug-likeness (QED) is 0.434. The van der Waals surface area contributed by atoms with Gasteiger partial charge in [-0.2, -0.15) is 0 Å². The second kappa shape index (κ2) is 11.6. The first kappa shape index (κ1) is 22.0. The lowest BCUT2D eigenvalue weighted by Crippen LogP contribution is -2.48. The van der Waals surface area contributed by atoms with Crippen molar-refractivity contribution in [2.75, 3.05) is 33.0 Å². The lowest BCUT2D eigenvalue weighted by molar-refractivity contribution is -0.151. The number of likely N-dealkylation sites (tertiary alicyclic amines) is 1. The highest BCUT2D eigenvalue weighted by Crippen LogP contribution is 2.12. The zero-order chi connectivity index (χ0) is 20.4. The van der Waals surface area contributed by atoms with Crippen molar-refractivity contribution in [3.05, 3.63) is 35.4 Å². The second-order valence-corrected chi connectivity index (χ2v) is 7.33.